The van der Waals surface area contributed by atoms with Crippen LogP contribution in [0.15, 0.2) is 57.7 Å². The largest absolute Gasteiger partial charge is 0.507 e. The normalized spacial score (nSPS) is 16.3. The van der Waals surface area contributed by atoms with Gasteiger partial charge in [0.05, 0.1) is 17.3 Å². The number of likely N-dealkylation sites (N-methyl/N-ethyl adjacent to an activating group) is 1. The molecular formula is C25H23N3O3. The van der Waals surface area contributed by atoms with Crippen LogP contribution in [0.3, 0.4) is 0 Å². The molecule has 3 aromatic carbocycles. The Bertz CT molecular complexity index is 1440. The zero-order chi connectivity index (χ0) is 20.9. The van der Waals surface area contributed by atoms with E-state index in [1.807, 2.05) is 36.4 Å². The lowest BCUT2D eigenvalue weighted by molar-refractivity contribution is 0.313. The van der Waals surface area contributed by atoms with Crippen molar-refractivity contribution in [3.05, 3.63) is 59.7 Å². The molecule has 6 nitrogen and oxygen atoms in total. The van der Waals surface area contributed by atoms with Crippen LogP contribution in [0.2, 0.25) is 0 Å². The lowest BCUT2D eigenvalue weighted by Gasteiger charge is -2.34. The number of fused-ring (bicyclic) bond motifs is 2. The van der Waals surface area contributed by atoms with Gasteiger partial charge in [0.15, 0.2) is 5.58 Å². The molecule has 1 aliphatic rings. The second kappa shape index (κ2) is 7.03. The van der Waals surface area contributed by atoms with Gasteiger partial charge in [-0.2, -0.15) is 0 Å². The summed E-state index contributed by atoms with van der Waals surface area (Å²) >= 11 is 0. The van der Waals surface area contributed by atoms with Gasteiger partial charge < -0.3 is 23.8 Å². The Balaban J connectivity index is 1.67. The lowest BCUT2D eigenvalue weighted by Crippen LogP contribution is -2.44. The number of phenols is 1. The first-order valence-corrected chi connectivity index (χ1v) is 10.6. The van der Waals surface area contributed by atoms with Crippen LogP contribution in [0.25, 0.3) is 38.7 Å². The lowest BCUT2D eigenvalue weighted by atomic mass is 9.97. The molecule has 0 bridgehead atoms. The Hall–Kier alpha value is -3.51. The Morgan fingerprint density at radius 2 is 1.84 bits per heavy atom. The average Bonchev–Trinajstić information content (AvgIpc) is 3.47. The van der Waals surface area contributed by atoms with Crippen molar-refractivity contribution < 1.29 is 14.0 Å². The molecule has 0 radical (unpaired) electrons. The molecule has 0 aliphatic carbocycles. The molecule has 0 atom stereocenters. The number of nitrogens with zero attached hydrogens (tertiary/aromatic N) is 3. The first-order chi connectivity index (χ1) is 15.2. The number of rotatable bonds is 3. The SMILES string of the molecule is CN1CCN(c2c/c(=C/Cc3ccco3)c3c(O)c4ccccc4c4onc2c34)CC1. The maximum Gasteiger partial charge on any atom is 0.176 e. The first kappa shape index (κ1) is 18.3. The third kappa shape index (κ3) is 2.86. The average molecular weight is 413 g/mol. The molecule has 3 heterocycles. The standard InChI is InChI=1S/C25H23N3O3/c1-27-10-12-28(13-11-27)20-15-16(8-9-17-5-4-14-30-17)21-22-23(20)26-31-25(22)19-7-3-2-6-18(19)24(21)29/h2-8,14-15,29H,9-13H2,1H3/b16-8-. The highest BCUT2D eigenvalue weighted by Crippen LogP contribution is 2.41. The van der Waals surface area contributed by atoms with Crippen molar-refractivity contribution in [2.24, 2.45) is 0 Å². The van der Waals surface area contributed by atoms with Crippen LogP contribution in [0, 0.1) is 0 Å². The molecule has 6 rings (SSSR count). The molecule has 0 spiro atoms. The Kier molecular flexibility index (Phi) is 4.14. The molecule has 2 aromatic heterocycles. The van der Waals surface area contributed by atoms with E-state index in [9.17, 15) is 5.11 Å². The van der Waals surface area contributed by atoms with Gasteiger partial charge in [0, 0.05) is 48.8 Å². The van der Waals surface area contributed by atoms with E-state index in [2.05, 4.69) is 34.1 Å². The molecule has 0 saturated carbocycles. The number of phenolic OH excluding ortho intramolecular Hbond substituents is 1. The van der Waals surface area contributed by atoms with Crippen LogP contribution in [0.5, 0.6) is 5.75 Å². The number of furan rings is 1. The molecule has 0 amide bonds. The molecule has 156 valence electrons. The molecule has 31 heavy (non-hydrogen) atoms. The second-order valence-corrected chi connectivity index (χ2v) is 8.27. The highest BCUT2D eigenvalue weighted by Gasteiger charge is 2.24. The highest BCUT2D eigenvalue weighted by molar-refractivity contribution is 6.23. The van der Waals surface area contributed by atoms with Gasteiger partial charge in [-0.3, -0.25) is 0 Å². The molecule has 6 heteroatoms. The van der Waals surface area contributed by atoms with Gasteiger partial charge in [0.2, 0.25) is 0 Å². The predicted molar refractivity (Wildman–Crippen MR) is 122 cm³/mol. The summed E-state index contributed by atoms with van der Waals surface area (Å²) in [6.07, 6.45) is 4.45. The monoisotopic (exact) mass is 413 g/mol. The smallest absolute Gasteiger partial charge is 0.176 e. The Labute approximate surface area is 178 Å². The summed E-state index contributed by atoms with van der Waals surface area (Å²) in [4.78, 5) is 4.70. The fourth-order valence-corrected chi connectivity index (χ4v) is 4.68. The number of anilines is 1. The van der Waals surface area contributed by atoms with Gasteiger partial charge in [-0.1, -0.05) is 35.5 Å². The third-order valence-corrected chi connectivity index (χ3v) is 6.38. The number of aromatic hydroxyl groups is 1. The summed E-state index contributed by atoms with van der Waals surface area (Å²) < 4.78 is 11.4. The summed E-state index contributed by atoms with van der Waals surface area (Å²) in [5.41, 5.74) is 2.59. The van der Waals surface area contributed by atoms with Crippen molar-refractivity contribution in [1.82, 2.24) is 10.1 Å². The van der Waals surface area contributed by atoms with Gasteiger partial charge >= 0.3 is 0 Å². The van der Waals surface area contributed by atoms with Crippen LogP contribution in [0.4, 0.5) is 5.69 Å². The fraction of sp³-hybridized carbons (Fsp3) is 0.240. The van der Waals surface area contributed by atoms with Crippen molar-refractivity contribution in [3.63, 3.8) is 0 Å². The van der Waals surface area contributed by atoms with E-state index in [0.717, 1.165) is 75.5 Å². The number of hydrogen-bond acceptors (Lipinski definition) is 6. The molecule has 1 N–H and O–H groups in total. The topological polar surface area (TPSA) is 65.9 Å². The summed E-state index contributed by atoms with van der Waals surface area (Å²) in [5.74, 6) is 1.15. The van der Waals surface area contributed by atoms with Crippen molar-refractivity contribution in [3.8, 4) is 5.75 Å². The Morgan fingerprint density at radius 1 is 1.03 bits per heavy atom. The van der Waals surface area contributed by atoms with Crippen molar-refractivity contribution in [1.29, 1.82) is 0 Å². The number of benzene rings is 3. The molecular weight excluding hydrogens is 390 g/mol. The maximum atomic E-state index is 11.3. The molecule has 5 aromatic rings. The number of hydrogen-bond donors (Lipinski definition) is 1. The quantitative estimate of drug-likeness (QED) is 0.452. The summed E-state index contributed by atoms with van der Waals surface area (Å²) in [6.45, 7) is 3.85. The van der Waals surface area contributed by atoms with Crippen LogP contribution in [-0.2, 0) is 6.42 Å². The predicted octanol–water partition coefficient (Wildman–Crippen LogP) is 3.93. The molecule has 1 fully saturated rings. The summed E-state index contributed by atoms with van der Waals surface area (Å²) in [7, 11) is 2.15. The zero-order valence-corrected chi connectivity index (χ0v) is 17.3. The fourth-order valence-electron chi connectivity index (χ4n) is 4.68. The highest BCUT2D eigenvalue weighted by atomic mass is 16.5. The van der Waals surface area contributed by atoms with E-state index in [1.54, 1.807) is 6.26 Å². The van der Waals surface area contributed by atoms with Gasteiger partial charge in [-0.05, 0) is 30.5 Å². The zero-order valence-electron chi connectivity index (χ0n) is 17.3. The van der Waals surface area contributed by atoms with E-state index < -0.39 is 0 Å². The summed E-state index contributed by atoms with van der Waals surface area (Å²) in [5, 5.41) is 20.1. The maximum absolute atomic E-state index is 11.3. The van der Waals surface area contributed by atoms with Gasteiger partial charge in [0.25, 0.3) is 0 Å². The van der Waals surface area contributed by atoms with Gasteiger partial charge in [-0.25, -0.2) is 0 Å². The van der Waals surface area contributed by atoms with E-state index >= 15 is 0 Å². The van der Waals surface area contributed by atoms with Crippen molar-refractivity contribution >= 4 is 44.4 Å². The van der Waals surface area contributed by atoms with Crippen LogP contribution >= 0.6 is 0 Å². The van der Waals surface area contributed by atoms with E-state index in [-0.39, 0.29) is 5.75 Å². The first-order valence-electron chi connectivity index (χ1n) is 10.6. The van der Waals surface area contributed by atoms with Crippen molar-refractivity contribution in [2.45, 2.75) is 6.42 Å². The van der Waals surface area contributed by atoms with Crippen LogP contribution < -0.4 is 10.1 Å². The molecule has 1 aliphatic heterocycles. The van der Waals surface area contributed by atoms with E-state index in [0.29, 0.717) is 6.42 Å². The van der Waals surface area contributed by atoms with Crippen LogP contribution in [0.1, 0.15) is 5.76 Å². The third-order valence-electron chi connectivity index (χ3n) is 6.38. The molecule has 0 unspecified atom stereocenters. The Morgan fingerprint density at radius 3 is 2.61 bits per heavy atom. The van der Waals surface area contributed by atoms with Gasteiger partial charge in [-0.15, -0.1) is 0 Å². The minimum atomic E-state index is 0.270. The summed E-state index contributed by atoms with van der Waals surface area (Å²) in [6, 6.07) is 13.8. The second-order valence-electron chi connectivity index (χ2n) is 8.27. The van der Waals surface area contributed by atoms with Gasteiger partial charge in [0.1, 0.15) is 17.0 Å². The van der Waals surface area contributed by atoms with E-state index in [4.69, 9.17) is 8.94 Å². The van der Waals surface area contributed by atoms with E-state index in [1.165, 1.54) is 0 Å². The molecule has 1 saturated heterocycles. The minimum absolute atomic E-state index is 0.270. The van der Waals surface area contributed by atoms with Crippen molar-refractivity contribution in [2.75, 3.05) is 38.1 Å². The number of aromatic nitrogens is 1. The van der Waals surface area contributed by atoms with Crippen LogP contribution in [-0.4, -0.2) is 48.4 Å². The minimum Gasteiger partial charge on any atom is -0.507 e. The number of piperazine rings is 1.